The fourth-order valence-corrected chi connectivity index (χ4v) is 5.98. The number of rotatable bonds is 19. The highest BCUT2D eigenvalue weighted by Crippen LogP contribution is 2.51. The molecule has 0 bridgehead atoms. The molecule has 2 amide bonds. The molecular formula is C32H50N2O8. The summed E-state index contributed by atoms with van der Waals surface area (Å²) in [5.41, 5.74) is 1.54. The third-order valence-electron chi connectivity index (χ3n) is 8.21. The summed E-state index contributed by atoms with van der Waals surface area (Å²) in [6, 6.07) is 2.59. The Labute approximate surface area is 250 Å². The van der Waals surface area contributed by atoms with Crippen LogP contribution in [0, 0.1) is 0 Å². The van der Waals surface area contributed by atoms with Crippen molar-refractivity contribution >= 4 is 11.8 Å². The Hall–Kier alpha value is -2.66. The highest BCUT2D eigenvalue weighted by atomic mass is 16.5. The van der Waals surface area contributed by atoms with Crippen LogP contribution in [0.5, 0.6) is 11.5 Å². The van der Waals surface area contributed by atoms with Gasteiger partial charge in [0.05, 0.1) is 38.9 Å². The third kappa shape index (κ3) is 8.46. The molecule has 0 aromatic heterocycles. The first-order chi connectivity index (χ1) is 20.4. The Morgan fingerprint density at radius 1 is 1.02 bits per heavy atom. The minimum absolute atomic E-state index is 0.0550. The number of aliphatic hydroxyl groups excluding tert-OH is 3. The summed E-state index contributed by atoms with van der Waals surface area (Å²) in [6.45, 7) is 2.32. The largest absolute Gasteiger partial charge is 0.493 e. The Kier molecular flexibility index (Phi) is 14.1. The molecule has 1 aliphatic carbocycles. The number of ether oxygens (including phenoxy) is 3. The van der Waals surface area contributed by atoms with E-state index in [0.717, 1.165) is 19.3 Å². The zero-order valence-electron chi connectivity index (χ0n) is 25.5. The minimum atomic E-state index is -1.14. The molecule has 10 nitrogen and oxygen atoms in total. The van der Waals surface area contributed by atoms with Crippen LogP contribution in [-0.2, 0) is 20.9 Å². The van der Waals surface area contributed by atoms with Crippen LogP contribution in [0.3, 0.4) is 0 Å². The zero-order chi connectivity index (χ0) is 30.5. The predicted octanol–water partition coefficient (Wildman–Crippen LogP) is 3.21. The molecular weight excluding hydrogens is 540 g/mol. The first-order valence-corrected chi connectivity index (χ1v) is 15.5. The average molecular weight is 591 g/mol. The number of carbonyl (C=O) groups excluding carboxylic acids is 2. The van der Waals surface area contributed by atoms with Gasteiger partial charge in [0, 0.05) is 37.8 Å². The lowest BCUT2D eigenvalue weighted by Gasteiger charge is -2.40. The van der Waals surface area contributed by atoms with E-state index >= 15 is 0 Å². The van der Waals surface area contributed by atoms with Crippen LogP contribution in [0.1, 0.15) is 88.2 Å². The standard InChI is InChI=1S/C32H50N2O8/c1-4-5-6-7-8-9-10-11-12-13-27(37)34(15-17-40-2)25-20-24(32(39)33-14-16-35)28-23-18-22(21-36)19-26(41-3)30(23)42-31(28)29(25)38/h18-20,25,28-29,31,35-36,38H,4-17,21H2,1-3H3,(H,33,39)/t25-,28+,29+,31+/m1/s1. The maximum Gasteiger partial charge on any atom is 0.247 e. The van der Waals surface area contributed by atoms with E-state index in [1.54, 1.807) is 30.2 Å². The molecule has 1 aromatic rings. The van der Waals surface area contributed by atoms with Crippen molar-refractivity contribution in [1.29, 1.82) is 0 Å². The van der Waals surface area contributed by atoms with E-state index in [1.165, 1.54) is 45.6 Å². The van der Waals surface area contributed by atoms with Crippen LogP contribution in [0.25, 0.3) is 0 Å². The lowest BCUT2D eigenvalue weighted by molar-refractivity contribution is -0.138. The number of aliphatic hydroxyl groups is 3. The van der Waals surface area contributed by atoms with E-state index in [-0.39, 0.29) is 38.8 Å². The summed E-state index contributed by atoms with van der Waals surface area (Å²) in [6.07, 6.45) is 10.3. The Morgan fingerprint density at radius 2 is 1.71 bits per heavy atom. The molecule has 4 atom stereocenters. The van der Waals surface area contributed by atoms with Gasteiger partial charge >= 0.3 is 0 Å². The summed E-state index contributed by atoms with van der Waals surface area (Å²) in [5, 5.41) is 33.5. The fraction of sp³-hybridized carbons (Fsp3) is 0.688. The van der Waals surface area contributed by atoms with Crippen molar-refractivity contribution in [2.24, 2.45) is 0 Å². The Bertz CT molecular complexity index is 1050. The molecule has 2 aliphatic rings. The van der Waals surface area contributed by atoms with Crippen molar-refractivity contribution in [2.75, 3.05) is 40.5 Å². The molecule has 3 rings (SSSR count). The van der Waals surface area contributed by atoms with Crippen molar-refractivity contribution in [3.05, 3.63) is 34.9 Å². The average Bonchev–Trinajstić information content (AvgIpc) is 3.39. The van der Waals surface area contributed by atoms with Gasteiger partial charge in [0.1, 0.15) is 12.2 Å². The first kappa shape index (κ1) is 33.8. The van der Waals surface area contributed by atoms with Crippen LogP contribution in [0.15, 0.2) is 23.8 Å². The lowest BCUT2D eigenvalue weighted by Crippen LogP contribution is -2.56. The Morgan fingerprint density at radius 3 is 2.33 bits per heavy atom. The molecule has 1 aromatic carbocycles. The maximum atomic E-state index is 13.6. The summed E-state index contributed by atoms with van der Waals surface area (Å²) in [4.78, 5) is 28.5. The van der Waals surface area contributed by atoms with E-state index in [0.29, 0.717) is 34.6 Å². The summed E-state index contributed by atoms with van der Waals surface area (Å²) in [7, 11) is 3.05. The van der Waals surface area contributed by atoms with Crippen LogP contribution >= 0.6 is 0 Å². The van der Waals surface area contributed by atoms with E-state index in [1.807, 2.05) is 0 Å². The van der Waals surface area contributed by atoms with Crippen LogP contribution in [0.2, 0.25) is 0 Å². The van der Waals surface area contributed by atoms with Gasteiger partial charge in [-0.3, -0.25) is 9.59 Å². The maximum absolute atomic E-state index is 13.6. The number of nitrogens with one attached hydrogen (secondary N) is 1. The lowest BCUT2D eigenvalue weighted by atomic mass is 9.77. The molecule has 4 N–H and O–H groups in total. The summed E-state index contributed by atoms with van der Waals surface area (Å²) < 4.78 is 17.1. The molecule has 236 valence electrons. The zero-order valence-corrected chi connectivity index (χ0v) is 25.5. The van der Waals surface area contributed by atoms with Crippen LogP contribution < -0.4 is 14.8 Å². The van der Waals surface area contributed by atoms with Gasteiger partial charge in [-0.15, -0.1) is 0 Å². The molecule has 0 radical (unpaired) electrons. The molecule has 1 aliphatic heterocycles. The van der Waals surface area contributed by atoms with E-state index < -0.39 is 30.1 Å². The monoisotopic (exact) mass is 590 g/mol. The first-order valence-electron chi connectivity index (χ1n) is 15.5. The quantitative estimate of drug-likeness (QED) is 0.180. The van der Waals surface area contributed by atoms with E-state index in [9.17, 15) is 24.9 Å². The summed E-state index contributed by atoms with van der Waals surface area (Å²) >= 11 is 0. The van der Waals surface area contributed by atoms with Crippen LogP contribution in [0.4, 0.5) is 0 Å². The van der Waals surface area contributed by atoms with Gasteiger partial charge in [0.15, 0.2) is 11.5 Å². The van der Waals surface area contributed by atoms with E-state index in [4.69, 9.17) is 14.2 Å². The molecule has 0 spiro atoms. The molecule has 0 fully saturated rings. The van der Waals surface area contributed by atoms with Crippen molar-refractivity contribution in [3.8, 4) is 11.5 Å². The minimum Gasteiger partial charge on any atom is -0.493 e. The fourth-order valence-electron chi connectivity index (χ4n) is 5.98. The van der Waals surface area contributed by atoms with Gasteiger partial charge in [0.2, 0.25) is 11.8 Å². The number of carbonyl (C=O) groups is 2. The molecule has 0 saturated heterocycles. The Balaban J connectivity index is 1.82. The van der Waals surface area contributed by atoms with Gasteiger partial charge in [-0.25, -0.2) is 0 Å². The molecule has 1 heterocycles. The molecule has 42 heavy (non-hydrogen) atoms. The number of unbranched alkanes of at least 4 members (excludes halogenated alkanes) is 8. The molecule has 0 unspecified atom stereocenters. The number of nitrogens with zero attached hydrogens (tertiary/aromatic N) is 1. The van der Waals surface area contributed by atoms with Crippen molar-refractivity contribution in [1.82, 2.24) is 10.2 Å². The number of benzene rings is 1. The number of hydrogen-bond acceptors (Lipinski definition) is 8. The normalized spacial score (nSPS) is 20.8. The highest BCUT2D eigenvalue weighted by Gasteiger charge is 2.51. The highest BCUT2D eigenvalue weighted by molar-refractivity contribution is 5.96. The van der Waals surface area contributed by atoms with Crippen molar-refractivity contribution in [2.45, 2.75) is 102 Å². The summed E-state index contributed by atoms with van der Waals surface area (Å²) in [5.74, 6) is -0.391. The van der Waals surface area contributed by atoms with Crippen molar-refractivity contribution < 1.29 is 39.1 Å². The van der Waals surface area contributed by atoms with Gasteiger partial charge in [-0.1, -0.05) is 58.3 Å². The van der Waals surface area contributed by atoms with Gasteiger partial charge in [0.25, 0.3) is 0 Å². The van der Waals surface area contributed by atoms with Gasteiger partial charge < -0.3 is 39.7 Å². The third-order valence-corrected chi connectivity index (χ3v) is 8.21. The van der Waals surface area contributed by atoms with Gasteiger partial charge in [-0.2, -0.15) is 0 Å². The van der Waals surface area contributed by atoms with Gasteiger partial charge in [-0.05, 0) is 30.2 Å². The second-order valence-corrected chi connectivity index (χ2v) is 11.2. The number of methoxy groups -OCH3 is 2. The number of hydrogen-bond donors (Lipinski definition) is 4. The predicted molar refractivity (Wildman–Crippen MR) is 159 cm³/mol. The topological polar surface area (TPSA) is 138 Å². The van der Waals surface area contributed by atoms with E-state index in [2.05, 4.69) is 12.2 Å². The second kappa shape index (κ2) is 17.5. The smallest absolute Gasteiger partial charge is 0.247 e. The number of fused-ring (bicyclic) bond motifs is 3. The molecule has 0 saturated carbocycles. The van der Waals surface area contributed by atoms with Crippen LogP contribution in [-0.4, -0.2) is 90.8 Å². The molecule has 10 heteroatoms. The SMILES string of the molecule is CCCCCCCCCCCC(=O)N(CCOC)[C@@H]1C=C(C(=O)NCCO)[C@@H]2c3cc(CO)cc(OC)c3O[C@@H]2[C@H]1O. The second-order valence-electron chi connectivity index (χ2n) is 11.2. The number of amides is 2. The van der Waals surface area contributed by atoms with Crippen molar-refractivity contribution in [3.63, 3.8) is 0 Å².